The van der Waals surface area contributed by atoms with Crippen molar-refractivity contribution in [2.45, 2.75) is 51.1 Å². The topological polar surface area (TPSA) is 88.9 Å². The lowest BCUT2D eigenvalue weighted by atomic mass is 10.0. The summed E-state index contributed by atoms with van der Waals surface area (Å²) in [6, 6.07) is 8.54. The molecule has 1 aromatic heterocycles. The molecule has 1 atom stereocenters. The van der Waals surface area contributed by atoms with Crippen LogP contribution in [-0.4, -0.2) is 32.3 Å². The van der Waals surface area contributed by atoms with Crippen molar-refractivity contribution in [1.82, 2.24) is 20.1 Å². The lowest BCUT2D eigenvalue weighted by Crippen LogP contribution is -2.32. The van der Waals surface area contributed by atoms with Gasteiger partial charge in [0.15, 0.2) is 11.0 Å². The number of alkyl halides is 3. The minimum Gasteiger partial charge on any atom is -0.342 e. The van der Waals surface area contributed by atoms with Crippen molar-refractivity contribution in [3.63, 3.8) is 0 Å². The van der Waals surface area contributed by atoms with Gasteiger partial charge in [0.25, 0.3) is 5.91 Å². The van der Waals surface area contributed by atoms with Crippen molar-refractivity contribution in [2.24, 2.45) is 5.92 Å². The molecule has 0 aliphatic heterocycles. The zero-order chi connectivity index (χ0) is 28.0. The Morgan fingerprint density at radius 1 is 1.11 bits per heavy atom. The van der Waals surface area contributed by atoms with E-state index in [4.69, 9.17) is 23.2 Å². The fourth-order valence-electron chi connectivity index (χ4n) is 3.67. The molecule has 0 saturated carbocycles. The summed E-state index contributed by atoms with van der Waals surface area (Å²) in [5.74, 6) is -0.267. The Morgan fingerprint density at radius 3 is 2.47 bits per heavy atom. The van der Waals surface area contributed by atoms with Crippen LogP contribution in [0.2, 0.25) is 10.0 Å². The molecule has 2 aromatic carbocycles. The number of hydrogen-bond donors (Lipinski definition) is 2. The number of amides is 2. The van der Waals surface area contributed by atoms with Crippen LogP contribution >= 0.6 is 35.0 Å². The van der Waals surface area contributed by atoms with Gasteiger partial charge in [0.2, 0.25) is 5.91 Å². The molecule has 1 heterocycles. The van der Waals surface area contributed by atoms with Crippen LogP contribution in [0.15, 0.2) is 47.6 Å². The zero-order valence-electron chi connectivity index (χ0n) is 20.8. The Kier molecular flexibility index (Phi) is 10.1. The van der Waals surface area contributed by atoms with Crippen LogP contribution in [-0.2, 0) is 17.5 Å². The molecule has 3 rings (SSSR count). The molecule has 0 aliphatic carbocycles. The van der Waals surface area contributed by atoms with E-state index in [0.717, 1.165) is 23.9 Å². The van der Waals surface area contributed by atoms with E-state index >= 15 is 0 Å². The van der Waals surface area contributed by atoms with E-state index in [2.05, 4.69) is 20.8 Å². The molecule has 38 heavy (non-hydrogen) atoms. The molecular formula is C25H26Cl2F3N5O2S. The lowest BCUT2D eigenvalue weighted by molar-refractivity contribution is -0.137. The average Bonchev–Trinajstić information content (AvgIpc) is 3.24. The molecule has 0 spiro atoms. The maximum Gasteiger partial charge on any atom is 0.416 e. The van der Waals surface area contributed by atoms with Gasteiger partial charge in [-0.2, -0.15) is 13.2 Å². The second kappa shape index (κ2) is 12.9. The Morgan fingerprint density at radius 2 is 1.84 bits per heavy atom. The van der Waals surface area contributed by atoms with Crippen LogP contribution in [0.4, 0.5) is 18.9 Å². The minimum atomic E-state index is -4.51. The van der Waals surface area contributed by atoms with Gasteiger partial charge in [-0.15, -0.1) is 10.2 Å². The van der Waals surface area contributed by atoms with E-state index in [-0.39, 0.29) is 27.9 Å². The predicted molar refractivity (Wildman–Crippen MR) is 143 cm³/mol. The maximum absolute atomic E-state index is 13.0. The fourth-order valence-corrected chi connectivity index (χ4v) is 4.98. The van der Waals surface area contributed by atoms with Crippen molar-refractivity contribution in [3.05, 3.63) is 69.5 Å². The Labute approximate surface area is 232 Å². The molecule has 0 unspecified atom stereocenters. The van der Waals surface area contributed by atoms with Crippen LogP contribution in [0.3, 0.4) is 0 Å². The highest BCUT2D eigenvalue weighted by Gasteiger charge is 2.30. The number of anilines is 1. The third-order valence-electron chi connectivity index (χ3n) is 5.37. The molecular weight excluding hydrogens is 562 g/mol. The van der Waals surface area contributed by atoms with Gasteiger partial charge >= 0.3 is 6.18 Å². The molecule has 13 heteroatoms. The molecule has 0 radical (unpaired) electrons. The van der Waals surface area contributed by atoms with Gasteiger partial charge in [0, 0.05) is 17.3 Å². The predicted octanol–water partition coefficient (Wildman–Crippen LogP) is 6.87. The van der Waals surface area contributed by atoms with E-state index in [1.165, 1.54) is 18.2 Å². The smallest absolute Gasteiger partial charge is 0.342 e. The summed E-state index contributed by atoms with van der Waals surface area (Å²) < 4.78 is 40.6. The van der Waals surface area contributed by atoms with Gasteiger partial charge in [0.05, 0.1) is 27.9 Å². The Hall–Kier alpha value is -2.76. The van der Waals surface area contributed by atoms with Crippen LogP contribution in [0.5, 0.6) is 0 Å². The van der Waals surface area contributed by atoms with Gasteiger partial charge in [-0.05, 0) is 55.7 Å². The number of halogens is 5. The molecule has 7 nitrogen and oxygen atoms in total. The molecule has 3 aromatic rings. The van der Waals surface area contributed by atoms with Gasteiger partial charge < -0.3 is 15.2 Å². The number of aromatic nitrogens is 3. The first-order valence-electron chi connectivity index (χ1n) is 11.7. The first kappa shape index (κ1) is 29.8. The van der Waals surface area contributed by atoms with Gasteiger partial charge in [-0.3, -0.25) is 9.59 Å². The van der Waals surface area contributed by atoms with Crippen molar-refractivity contribution >= 4 is 52.5 Å². The summed E-state index contributed by atoms with van der Waals surface area (Å²) in [7, 11) is 0. The first-order valence-corrected chi connectivity index (χ1v) is 13.4. The molecule has 0 fully saturated rings. The number of carbonyl (C=O) groups excluding carboxylic acids is 2. The Balaban J connectivity index is 1.73. The number of hydrogen-bond acceptors (Lipinski definition) is 5. The molecule has 0 bridgehead atoms. The van der Waals surface area contributed by atoms with E-state index in [9.17, 15) is 22.8 Å². The number of rotatable bonds is 10. The maximum atomic E-state index is 13.0. The molecule has 2 N–H and O–H groups in total. The Bertz CT molecular complexity index is 1300. The lowest BCUT2D eigenvalue weighted by Gasteiger charge is -2.21. The minimum absolute atomic E-state index is 0.0450. The van der Waals surface area contributed by atoms with Crippen LogP contribution in [0.1, 0.15) is 55.0 Å². The average molecular weight is 588 g/mol. The van der Waals surface area contributed by atoms with Crippen LogP contribution in [0.25, 0.3) is 0 Å². The number of nitrogens with one attached hydrogen (secondary N) is 2. The highest BCUT2D eigenvalue weighted by Crippen LogP contribution is 2.31. The summed E-state index contributed by atoms with van der Waals surface area (Å²) >= 11 is 13.2. The highest BCUT2D eigenvalue weighted by atomic mass is 35.5. The third-order valence-corrected chi connectivity index (χ3v) is 6.88. The molecule has 2 amide bonds. The fraction of sp³-hybridized carbons (Fsp3) is 0.360. The summed E-state index contributed by atoms with van der Waals surface area (Å²) in [5.41, 5.74) is -0.534. The zero-order valence-corrected chi connectivity index (χ0v) is 23.1. The molecule has 204 valence electrons. The van der Waals surface area contributed by atoms with E-state index in [1.807, 2.05) is 20.8 Å². The highest BCUT2D eigenvalue weighted by molar-refractivity contribution is 7.99. The van der Waals surface area contributed by atoms with E-state index in [1.54, 1.807) is 16.7 Å². The van der Waals surface area contributed by atoms with Crippen molar-refractivity contribution < 1.29 is 22.8 Å². The quantitative estimate of drug-likeness (QED) is 0.253. The molecule has 0 aliphatic rings. The second-order valence-corrected chi connectivity index (χ2v) is 10.6. The van der Waals surface area contributed by atoms with Crippen molar-refractivity contribution in [2.75, 3.05) is 11.1 Å². The SMILES string of the molecule is CCn1c(SCC(=O)Nc2cccc(C(F)(F)F)c2)nnc1[C@H](CC(C)C)NC(=O)c1ccc(Cl)cc1Cl. The number of benzene rings is 2. The summed E-state index contributed by atoms with van der Waals surface area (Å²) in [5, 5.41) is 15.0. The summed E-state index contributed by atoms with van der Waals surface area (Å²) in [6.45, 7) is 6.36. The number of thioether (sulfide) groups is 1. The monoisotopic (exact) mass is 587 g/mol. The first-order chi connectivity index (χ1) is 17.9. The summed E-state index contributed by atoms with van der Waals surface area (Å²) in [4.78, 5) is 25.4. The van der Waals surface area contributed by atoms with E-state index in [0.29, 0.717) is 29.0 Å². The molecule has 0 saturated heterocycles. The van der Waals surface area contributed by atoms with Gasteiger partial charge in [-0.1, -0.05) is 54.9 Å². The largest absolute Gasteiger partial charge is 0.416 e. The van der Waals surface area contributed by atoms with Gasteiger partial charge in [-0.25, -0.2) is 0 Å². The van der Waals surface area contributed by atoms with Crippen LogP contribution in [0, 0.1) is 5.92 Å². The van der Waals surface area contributed by atoms with Gasteiger partial charge in [0.1, 0.15) is 0 Å². The summed E-state index contributed by atoms with van der Waals surface area (Å²) in [6.07, 6.45) is -3.94. The van der Waals surface area contributed by atoms with Crippen molar-refractivity contribution in [3.8, 4) is 0 Å². The van der Waals surface area contributed by atoms with Crippen LogP contribution < -0.4 is 10.6 Å². The standard InChI is InChI=1S/C25H26Cl2F3N5O2S/c1-4-35-22(20(10-14(2)3)32-23(37)18-9-8-16(26)12-19(18)27)33-34-24(35)38-13-21(36)31-17-7-5-6-15(11-17)25(28,29)30/h5-9,11-12,14,20H,4,10,13H2,1-3H3,(H,31,36)(H,32,37)/t20-/m0/s1. The normalized spacial score (nSPS) is 12.4. The number of nitrogens with zero attached hydrogens (tertiary/aromatic N) is 3. The number of carbonyl (C=O) groups is 2. The third kappa shape index (κ3) is 7.87. The van der Waals surface area contributed by atoms with E-state index < -0.39 is 29.6 Å². The van der Waals surface area contributed by atoms with Crippen molar-refractivity contribution in [1.29, 1.82) is 0 Å². The second-order valence-electron chi connectivity index (χ2n) is 8.78.